The Kier molecular flexibility index (Phi) is 5.64. The number of carbonyl (C=O) groups excluding carboxylic acids is 1. The molecular formula is C17H23NO2. The molecule has 0 heterocycles. The van der Waals surface area contributed by atoms with Gasteiger partial charge in [0, 0.05) is 18.5 Å². The average molecular weight is 273 g/mol. The Balaban J connectivity index is 2.40. The maximum absolute atomic E-state index is 11.4. The van der Waals surface area contributed by atoms with Crippen LogP contribution >= 0.6 is 0 Å². The molecule has 108 valence electrons. The van der Waals surface area contributed by atoms with Crippen LogP contribution in [0.15, 0.2) is 18.2 Å². The van der Waals surface area contributed by atoms with Gasteiger partial charge in [-0.25, -0.2) is 4.79 Å². The van der Waals surface area contributed by atoms with Crippen molar-refractivity contribution in [2.75, 3.05) is 6.54 Å². The molecule has 0 fully saturated rings. The van der Waals surface area contributed by atoms with E-state index in [0.717, 1.165) is 5.56 Å². The Bertz CT molecular complexity index is 530. The summed E-state index contributed by atoms with van der Waals surface area (Å²) in [5, 5.41) is 2.69. The minimum absolute atomic E-state index is 0.397. The van der Waals surface area contributed by atoms with E-state index < -0.39 is 11.7 Å². The van der Waals surface area contributed by atoms with E-state index >= 15 is 0 Å². The van der Waals surface area contributed by atoms with Crippen LogP contribution in [0, 0.1) is 25.7 Å². The highest BCUT2D eigenvalue weighted by molar-refractivity contribution is 5.67. The lowest BCUT2D eigenvalue weighted by molar-refractivity contribution is 0.0529. The number of rotatable bonds is 2. The van der Waals surface area contributed by atoms with Gasteiger partial charge in [-0.05, 0) is 51.8 Å². The Morgan fingerprint density at radius 2 is 2.00 bits per heavy atom. The number of aryl methyl sites for hydroxylation is 2. The number of amides is 1. The van der Waals surface area contributed by atoms with Crippen molar-refractivity contribution >= 4 is 6.09 Å². The van der Waals surface area contributed by atoms with E-state index in [-0.39, 0.29) is 0 Å². The summed E-state index contributed by atoms with van der Waals surface area (Å²) in [7, 11) is 0. The summed E-state index contributed by atoms with van der Waals surface area (Å²) in [5.41, 5.74) is 2.95. The van der Waals surface area contributed by atoms with Gasteiger partial charge in [-0.2, -0.15) is 0 Å². The van der Waals surface area contributed by atoms with Gasteiger partial charge in [0.15, 0.2) is 0 Å². The van der Waals surface area contributed by atoms with Crippen molar-refractivity contribution in [3.8, 4) is 11.8 Å². The summed E-state index contributed by atoms with van der Waals surface area (Å²) in [5.74, 6) is 6.20. The number of ether oxygens (including phenoxy) is 1. The van der Waals surface area contributed by atoms with Crippen molar-refractivity contribution in [2.24, 2.45) is 0 Å². The zero-order valence-corrected chi connectivity index (χ0v) is 13.0. The first kappa shape index (κ1) is 16.1. The van der Waals surface area contributed by atoms with E-state index in [0.29, 0.717) is 13.0 Å². The number of carbonyl (C=O) groups is 1. The molecule has 20 heavy (non-hydrogen) atoms. The zero-order valence-electron chi connectivity index (χ0n) is 13.0. The third-order valence-corrected chi connectivity index (χ3v) is 2.53. The van der Waals surface area contributed by atoms with Crippen molar-refractivity contribution in [3.63, 3.8) is 0 Å². The highest BCUT2D eigenvalue weighted by atomic mass is 16.6. The molecule has 0 aromatic heterocycles. The van der Waals surface area contributed by atoms with Gasteiger partial charge in [0.1, 0.15) is 5.60 Å². The summed E-state index contributed by atoms with van der Waals surface area (Å²) in [6.07, 6.45) is 0.207. The third-order valence-electron chi connectivity index (χ3n) is 2.53. The van der Waals surface area contributed by atoms with Gasteiger partial charge in [0.2, 0.25) is 0 Å². The molecule has 0 aliphatic heterocycles. The highest BCUT2D eigenvalue weighted by Crippen LogP contribution is 2.09. The van der Waals surface area contributed by atoms with Crippen LogP contribution in [0.3, 0.4) is 0 Å². The lowest BCUT2D eigenvalue weighted by Crippen LogP contribution is -2.32. The van der Waals surface area contributed by atoms with Crippen LogP contribution in [0.5, 0.6) is 0 Å². The van der Waals surface area contributed by atoms with Crippen LogP contribution in [0.4, 0.5) is 4.79 Å². The zero-order chi connectivity index (χ0) is 15.2. The molecule has 0 aliphatic carbocycles. The lowest BCUT2D eigenvalue weighted by atomic mass is 10.1. The Labute approximate surface area is 121 Å². The maximum atomic E-state index is 11.4. The average Bonchev–Trinajstić information content (AvgIpc) is 2.30. The van der Waals surface area contributed by atoms with Crippen molar-refractivity contribution in [2.45, 2.75) is 46.6 Å². The molecule has 0 unspecified atom stereocenters. The topological polar surface area (TPSA) is 38.3 Å². The minimum Gasteiger partial charge on any atom is -0.444 e. The second-order valence-electron chi connectivity index (χ2n) is 5.80. The molecule has 3 heteroatoms. The number of hydrogen-bond acceptors (Lipinski definition) is 2. The van der Waals surface area contributed by atoms with E-state index in [1.54, 1.807) is 0 Å². The van der Waals surface area contributed by atoms with Crippen LogP contribution < -0.4 is 5.32 Å². The molecule has 0 aliphatic rings. The molecule has 0 spiro atoms. The third kappa shape index (κ3) is 6.29. The van der Waals surface area contributed by atoms with Crippen LogP contribution in [0.25, 0.3) is 0 Å². The summed E-state index contributed by atoms with van der Waals surface area (Å²) in [4.78, 5) is 11.4. The molecule has 0 saturated carbocycles. The minimum atomic E-state index is -0.464. The number of benzene rings is 1. The molecule has 1 aromatic carbocycles. The van der Waals surface area contributed by atoms with E-state index in [2.05, 4.69) is 42.3 Å². The predicted octanol–water partition coefficient (Wildman–Crippen LogP) is 3.57. The van der Waals surface area contributed by atoms with Gasteiger partial charge in [0.25, 0.3) is 0 Å². The molecule has 1 rings (SSSR count). The Hall–Kier alpha value is -1.95. The van der Waals surface area contributed by atoms with Crippen molar-refractivity contribution in [3.05, 3.63) is 34.9 Å². The van der Waals surface area contributed by atoms with Gasteiger partial charge in [-0.1, -0.05) is 24.0 Å². The van der Waals surface area contributed by atoms with Crippen LogP contribution in [0.1, 0.15) is 43.9 Å². The molecule has 0 atom stereocenters. The van der Waals surface area contributed by atoms with Gasteiger partial charge in [-0.15, -0.1) is 0 Å². The largest absolute Gasteiger partial charge is 0.444 e. The fourth-order valence-corrected chi connectivity index (χ4v) is 1.57. The highest BCUT2D eigenvalue weighted by Gasteiger charge is 2.15. The van der Waals surface area contributed by atoms with Gasteiger partial charge >= 0.3 is 6.09 Å². The second kappa shape index (κ2) is 7.00. The van der Waals surface area contributed by atoms with Crippen LogP contribution in [-0.2, 0) is 4.74 Å². The first-order chi connectivity index (χ1) is 9.28. The molecule has 0 bridgehead atoms. The SMILES string of the molecule is Cc1ccc(C)c(C#CCCNC(=O)OC(C)(C)C)c1. The van der Waals surface area contributed by atoms with E-state index in [1.165, 1.54) is 11.1 Å². The summed E-state index contributed by atoms with van der Waals surface area (Å²) >= 11 is 0. The fraction of sp³-hybridized carbons (Fsp3) is 0.471. The van der Waals surface area contributed by atoms with E-state index in [1.807, 2.05) is 27.7 Å². The molecule has 1 amide bonds. The normalized spacial score (nSPS) is 10.4. The second-order valence-corrected chi connectivity index (χ2v) is 5.80. The van der Waals surface area contributed by atoms with E-state index in [9.17, 15) is 4.79 Å². The number of nitrogens with one attached hydrogen (secondary N) is 1. The fourth-order valence-electron chi connectivity index (χ4n) is 1.57. The summed E-state index contributed by atoms with van der Waals surface area (Å²) < 4.78 is 5.14. The van der Waals surface area contributed by atoms with Gasteiger partial charge in [-0.3, -0.25) is 0 Å². The quantitative estimate of drug-likeness (QED) is 0.661. The lowest BCUT2D eigenvalue weighted by Gasteiger charge is -2.19. The van der Waals surface area contributed by atoms with Gasteiger partial charge in [0.05, 0.1) is 0 Å². The first-order valence-corrected chi connectivity index (χ1v) is 6.81. The molecule has 0 radical (unpaired) electrons. The Morgan fingerprint density at radius 3 is 2.65 bits per heavy atom. The monoisotopic (exact) mass is 273 g/mol. The molecule has 0 saturated heterocycles. The van der Waals surface area contributed by atoms with Gasteiger partial charge < -0.3 is 10.1 Å². The summed E-state index contributed by atoms with van der Waals surface area (Å²) in [6.45, 7) is 10.1. The Morgan fingerprint density at radius 1 is 1.30 bits per heavy atom. The smallest absolute Gasteiger partial charge is 0.407 e. The van der Waals surface area contributed by atoms with Crippen molar-refractivity contribution < 1.29 is 9.53 Å². The molecule has 3 nitrogen and oxygen atoms in total. The maximum Gasteiger partial charge on any atom is 0.407 e. The number of hydrogen-bond donors (Lipinski definition) is 1. The molecule has 1 N–H and O–H groups in total. The number of alkyl carbamates (subject to hydrolysis) is 1. The summed E-state index contributed by atoms with van der Waals surface area (Å²) in [6, 6.07) is 6.21. The molecular weight excluding hydrogens is 250 g/mol. The predicted molar refractivity (Wildman–Crippen MR) is 81.6 cm³/mol. The van der Waals surface area contributed by atoms with E-state index in [4.69, 9.17) is 4.74 Å². The van der Waals surface area contributed by atoms with Crippen molar-refractivity contribution in [1.82, 2.24) is 5.32 Å². The van der Waals surface area contributed by atoms with Crippen molar-refractivity contribution in [1.29, 1.82) is 0 Å². The molecule has 1 aromatic rings. The van der Waals surface area contributed by atoms with Crippen LogP contribution in [-0.4, -0.2) is 18.2 Å². The first-order valence-electron chi connectivity index (χ1n) is 6.81. The van der Waals surface area contributed by atoms with Crippen LogP contribution in [0.2, 0.25) is 0 Å². The standard InChI is InChI=1S/C17H23NO2/c1-13-9-10-14(2)15(12-13)8-6-7-11-18-16(19)20-17(3,4)5/h9-10,12H,7,11H2,1-5H3,(H,18,19).